The van der Waals surface area contributed by atoms with Crippen LogP contribution in [0.4, 0.5) is 0 Å². The van der Waals surface area contributed by atoms with Crippen LogP contribution in [0, 0.1) is 0 Å². The van der Waals surface area contributed by atoms with Gasteiger partial charge in [-0.1, -0.05) is 48.0 Å². The SMILES string of the molecule is CC1=C(c2ccc(Cl)cc2)S(=O)(=O)NC1=NCC(=O)NC1CCCc2ccccc21. The molecule has 0 radical (unpaired) electrons. The number of aliphatic imine (C=N–C) groups is 1. The van der Waals surface area contributed by atoms with Crippen molar-refractivity contribution in [2.45, 2.75) is 32.2 Å². The lowest BCUT2D eigenvalue weighted by Crippen LogP contribution is -2.33. The smallest absolute Gasteiger partial charge is 0.264 e. The van der Waals surface area contributed by atoms with E-state index in [4.69, 9.17) is 11.6 Å². The zero-order valence-corrected chi connectivity index (χ0v) is 18.1. The third-order valence-corrected chi connectivity index (χ3v) is 7.18. The van der Waals surface area contributed by atoms with Gasteiger partial charge in [-0.25, -0.2) is 8.42 Å². The van der Waals surface area contributed by atoms with Crippen LogP contribution in [0.15, 0.2) is 59.1 Å². The van der Waals surface area contributed by atoms with E-state index >= 15 is 0 Å². The fraction of sp³-hybridized carbons (Fsp3) is 0.273. The number of fused-ring (bicyclic) bond motifs is 1. The van der Waals surface area contributed by atoms with Crippen LogP contribution in [0.2, 0.25) is 5.02 Å². The summed E-state index contributed by atoms with van der Waals surface area (Å²) in [5, 5.41) is 3.55. The molecule has 1 heterocycles. The lowest BCUT2D eigenvalue weighted by Gasteiger charge is -2.26. The molecule has 1 aliphatic carbocycles. The quantitative estimate of drug-likeness (QED) is 0.756. The number of hydrogen-bond donors (Lipinski definition) is 2. The van der Waals surface area contributed by atoms with Gasteiger partial charge in [-0.15, -0.1) is 0 Å². The molecule has 1 unspecified atom stereocenters. The maximum Gasteiger partial charge on any atom is 0.264 e. The summed E-state index contributed by atoms with van der Waals surface area (Å²) in [5.74, 6) is -0.0460. The fourth-order valence-electron chi connectivity index (χ4n) is 3.98. The zero-order valence-electron chi connectivity index (χ0n) is 16.5. The average Bonchev–Trinajstić information content (AvgIpc) is 2.96. The minimum absolute atomic E-state index is 0.0378. The number of sulfonamides is 1. The topological polar surface area (TPSA) is 87.6 Å². The first-order chi connectivity index (χ1) is 14.3. The molecule has 2 aromatic carbocycles. The molecule has 1 aliphatic heterocycles. The fourth-order valence-corrected chi connectivity index (χ4v) is 5.63. The summed E-state index contributed by atoms with van der Waals surface area (Å²) in [7, 11) is -3.74. The van der Waals surface area contributed by atoms with E-state index in [0.717, 1.165) is 24.8 Å². The largest absolute Gasteiger partial charge is 0.348 e. The van der Waals surface area contributed by atoms with Crippen molar-refractivity contribution in [2.24, 2.45) is 4.99 Å². The molecule has 1 atom stereocenters. The third kappa shape index (κ3) is 4.13. The van der Waals surface area contributed by atoms with Crippen LogP contribution in [-0.2, 0) is 21.2 Å². The van der Waals surface area contributed by atoms with Crippen molar-refractivity contribution in [3.63, 3.8) is 0 Å². The van der Waals surface area contributed by atoms with Gasteiger partial charge in [-0.3, -0.25) is 14.5 Å². The summed E-state index contributed by atoms with van der Waals surface area (Å²) in [6.07, 6.45) is 2.91. The summed E-state index contributed by atoms with van der Waals surface area (Å²) in [6, 6.07) is 14.7. The van der Waals surface area contributed by atoms with Gasteiger partial charge in [0, 0.05) is 10.6 Å². The van der Waals surface area contributed by atoms with E-state index in [1.165, 1.54) is 5.56 Å². The Kier molecular flexibility index (Phi) is 5.66. The Hall–Kier alpha value is -2.64. The molecule has 0 spiro atoms. The van der Waals surface area contributed by atoms with E-state index in [0.29, 0.717) is 16.2 Å². The molecule has 156 valence electrons. The van der Waals surface area contributed by atoms with Gasteiger partial charge in [0.15, 0.2) is 0 Å². The average molecular weight is 444 g/mol. The maximum absolute atomic E-state index is 12.6. The zero-order chi connectivity index (χ0) is 21.3. The Morgan fingerprint density at radius 2 is 1.93 bits per heavy atom. The molecular weight excluding hydrogens is 422 g/mol. The van der Waals surface area contributed by atoms with E-state index in [9.17, 15) is 13.2 Å². The van der Waals surface area contributed by atoms with E-state index < -0.39 is 10.0 Å². The normalized spacial score (nSPS) is 21.3. The van der Waals surface area contributed by atoms with Crippen LogP contribution in [0.1, 0.15) is 42.5 Å². The van der Waals surface area contributed by atoms with Crippen LogP contribution in [0.25, 0.3) is 4.91 Å². The van der Waals surface area contributed by atoms with Crippen LogP contribution >= 0.6 is 11.6 Å². The molecule has 2 aromatic rings. The minimum atomic E-state index is -3.74. The number of hydrogen-bond acceptors (Lipinski definition) is 4. The van der Waals surface area contributed by atoms with Gasteiger partial charge in [-0.05, 0) is 55.0 Å². The molecule has 0 aromatic heterocycles. The van der Waals surface area contributed by atoms with E-state index in [1.54, 1.807) is 31.2 Å². The maximum atomic E-state index is 12.6. The first-order valence-electron chi connectivity index (χ1n) is 9.77. The number of rotatable bonds is 4. The predicted octanol–water partition coefficient (Wildman–Crippen LogP) is 3.60. The minimum Gasteiger partial charge on any atom is -0.348 e. The van der Waals surface area contributed by atoms with E-state index in [1.807, 2.05) is 18.2 Å². The second-order valence-corrected chi connectivity index (χ2v) is 9.50. The molecule has 0 saturated carbocycles. The highest BCUT2D eigenvalue weighted by atomic mass is 35.5. The highest BCUT2D eigenvalue weighted by molar-refractivity contribution is 8.00. The van der Waals surface area contributed by atoms with Crippen LogP contribution in [0.3, 0.4) is 0 Å². The van der Waals surface area contributed by atoms with E-state index in [-0.39, 0.29) is 29.2 Å². The first kappa shape index (κ1) is 20.6. The molecular formula is C22H22ClN3O3S. The van der Waals surface area contributed by atoms with Gasteiger partial charge >= 0.3 is 0 Å². The van der Waals surface area contributed by atoms with Crippen LogP contribution in [0.5, 0.6) is 0 Å². The predicted molar refractivity (Wildman–Crippen MR) is 119 cm³/mol. The number of carbonyl (C=O) groups is 1. The summed E-state index contributed by atoms with van der Waals surface area (Å²) in [5.41, 5.74) is 3.41. The number of nitrogens with one attached hydrogen (secondary N) is 2. The van der Waals surface area contributed by atoms with Gasteiger partial charge in [-0.2, -0.15) is 0 Å². The third-order valence-electron chi connectivity index (χ3n) is 5.39. The highest BCUT2D eigenvalue weighted by Crippen LogP contribution is 2.31. The number of nitrogens with zero attached hydrogens (tertiary/aromatic N) is 1. The molecule has 30 heavy (non-hydrogen) atoms. The number of halogens is 1. The summed E-state index contributed by atoms with van der Waals surface area (Å²) in [4.78, 5) is 16.9. The molecule has 6 nitrogen and oxygen atoms in total. The van der Waals surface area contributed by atoms with Gasteiger partial charge in [0.1, 0.15) is 17.3 Å². The molecule has 2 N–H and O–H groups in total. The first-order valence-corrected chi connectivity index (χ1v) is 11.6. The summed E-state index contributed by atoms with van der Waals surface area (Å²) < 4.78 is 27.6. The van der Waals surface area contributed by atoms with E-state index in [2.05, 4.69) is 21.1 Å². The Morgan fingerprint density at radius 3 is 2.70 bits per heavy atom. The Bertz CT molecular complexity index is 1150. The lowest BCUT2D eigenvalue weighted by atomic mass is 9.88. The van der Waals surface area contributed by atoms with Gasteiger partial charge < -0.3 is 5.32 Å². The van der Waals surface area contributed by atoms with Crippen molar-refractivity contribution >= 4 is 38.3 Å². The number of amidine groups is 1. The van der Waals surface area contributed by atoms with Crippen molar-refractivity contribution < 1.29 is 13.2 Å². The number of aryl methyl sites for hydroxylation is 1. The molecule has 0 bridgehead atoms. The number of amides is 1. The Balaban J connectivity index is 1.50. The van der Waals surface area contributed by atoms with Crippen LogP contribution < -0.4 is 10.0 Å². The second kappa shape index (κ2) is 8.24. The van der Waals surface area contributed by atoms with Crippen molar-refractivity contribution in [3.8, 4) is 0 Å². The lowest BCUT2D eigenvalue weighted by molar-refractivity contribution is -0.120. The molecule has 2 aliphatic rings. The Morgan fingerprint density at radius 1 is 1.20 bits per heavy atom. The van der Waals surface area contributed by atoms with Crippen molar-refractivity contribution in [1.82, 2.24) is 10.0 Å². The summed E-state index contributed by atoms with van der Waals surface area (Å²) >= 11 is 5.90. The monoisotopic (exact) mass is 443 g/mol. The molecule has 0 fully saturated rings. The molecule has 0 saturated heterocycles. The number of benzene rings is 2. The Labute approximate surface area is 181 Å². The molecule has 4 rings (SSSR count). The van der Waals surface area contributed by atoms with Gasteiger partial charge in [0.25, 0.3) is 10.0 Å². The standard InChI is InChI=1S/C22H22ClN3O3S/c1-14-21(16-9-11-17(23)12-10-16)30(28,29)26-22(14)24-13-20(27)25-19-8-4-6-15-5-2-3-7-18(15)19/h2-3,5,7,9-12,19H,4,6,8,13H2,1H3,(H,24,26)(H,25,27). The van der Waals surface area contributed by atoms with Crippen molar-refractivity contribution in [3.05, 3.63) is 75.8 Å². The van der Waals surface area contributed by atoms with Gasteiger partial charge in [0.05, 0.1) is 6.04 Å². The van der Waals surface area contributed by atoms with Crippen molar-refractivity contribution in [1.29, 1.82) is 0 Å². The second-order valence-electron chi connectivity index (χ2n) is 7.44. The van der Waals surface area contributed by atoms with Crippen molar-refractivity contribution in [2.75, 3.05) is 6.54 Å². The molecule has 8 heteroatoms. The highest BCUT2D eigenvalue weighted by Gasteiger charge is 2.32. The molecule has 1 amide bonds. The number of carbonyl (C=O) groups excluding carboxylic acids is 1. The van der Waals surface area contributed by atoms with Crippen LogP contribution in [-0.4, -0.2) is 26.7 Å². The summed E-state index contributed by atoms with van der Waals surface area (Å²) in [6.45, 7) is 1.53. The van der Waals surface area contributed by atoms with Gasteiger partial charge in [0.2, 0.25) is 5.91 Å².